The molecule has 1 heterocycles. The van der Waals surface area contributed by atoms with Crippen molar-refractivity contribution >= 4 is 26.8 Å². The number of amides is 1. The predicted octanol–water partition coefficient (Wildman–Crippen LogP) is -0.131. The summed E-state index contributed by atoms with van der Waals surface area (Å²) in [5.74, 6) is 0.954. The molecule has 1 amide bonds. The Labute approximate surface area is 102 Å². The van der Waals surface area contributed by atoms with Crippen LogP contribution in [0.1, 0.15) is 19.3 Å². The van der Waals surface area contributed by atoms with Gasteiger partial charge in [0.1, 0.15) is 0 Å². The van der Waals surface area contributed by atoms with Gasteiger partial charge in [0, 0.05) is 0 Å². The molecule has 5 nitrogen and oxygen atoms in total. The molecule has 0 aliphatic carbocycles. The Morgan fingerprint density at radius 2 is 2.38 bits per heavy atom. The molecule has 0 bridgehead atoms. The van der Waals surface area contributed by atoms with Crippen molar-refractivity contribution in [1.82, 2.24) is 10.6 Å². The molecule has 92 valence electrons. The van der Waals surface area contributed by atoms with Crippen LogP contribution in [-0.2, 0) is 9.59 Å². The van der Waals surface area contributed by atoms with Gasteiger partial charge in [-0.2, -0.15) is 0 Å². The van der Waals surface area contributed by atoms with Crippen molar-refractivity contribution < 1.29 is 14.7 Å². The van der Waals surface area contributed by atoms with Gasteiger partial charge in [-0.15, -0.1) is 0 Å². The van der Waals surface area contributed by atoms with Crippen LogP contribution in [0.3, 0.4) is 0 Å². The molecule has 0 saturated carbocycles. The van der Waals surface area contributed by atoms with Crippen LogP contribution >= 0.6 is 0 Å². The van der Waals surface area contributed by atoms with Crippen LogP contribution in [0.5, 0.6) is 0 Å². The molecule has 1 aliphatic rings. The first-order valence-corrected chi connectivity index (χ1v) is 8.33. The molecule has 1 aliphatic heterocycles. The minimum absolute atomic E-state index is 0.173. The Kier molecular flexibility index (Phi) is 5.80. The third-order valence-electron chi connectivity index (χ3n) is 2.60. The zero-order valence-electron chi connectivity index (χ0n) is 9.36. The Morgan fingerprint density at radius 1 is 1.62 bits per heavy atom. The van der Waals surface area contributed by atoms with Crippen molar-refractivity contribution in [2.75, 3.05) is 6.54 Å². The van der Waals surface area contributed by atoms with Crippen LogP contribution in [0.25, 0.3) is 0 Å². The molecule has 0 aromatic rings. The quantitative estimate of drug-likeness (QED) is 0.596. The number of aliphatic carboxylic acids is 1. The summed E-state index contributed by atoms with van der Waals surface area (Å²) in [5, 5.41) is 15.5. The van der Waals surface area contributed by atoms with E-state index in [0.717, 1.165) is 24.7 Å². The van der Waals surface area contributed by atoms with Gasteiger partial charge >= 0.3 is 101 Å². The van der Waals surface area contributed by atoms with E-state index in [1.807, 2.05) is 0 Å². The van der Waals surface area contributed by atoms with E-state index >= 15 is 0 Å². The monoisotopic (exact) mass is 294 g/mol. The molecule has 1 unspecified atom stereocenters. The van der Waals surface area contributed by atoms with E-state index in [1.54, 1.807) is 0 Å². The first-order chi connectivity index (χ1) is 7.65. The molecule has 0 aromatic carbocycles. The van der Waals surface area contributed by atoms with Gasteiger partial charge in [-0.3, -0.25) is 0 Å². The zero-order chi connectivity index (χ0) is 12.0. The number of carbonyl (C=O) groups is 2. The summed E-state index contributed by atoms with van der Waals surface area (Å²) < 4.78 is 0. The van der Waals surface area contributed by atoms with Crippen LogP contribution < -0.4 is 10.6 Å². The number of hydrogen-bond donors (Lipinski definition) is 3. The SMILES string of the molecule is C[Se]CCC(NC(=O)[C@@H]1CCCN1)C(=O)O. The van der Waals surface area contributed by atoms with Crippen LogP contribution in [0.4, 0.5) is 0 Å². The summed E-state index contributed by atoms with van der Waals surface area (Å²) >= 11 is 0.448. The summed E-state index contributed by atoms with van der Waals surface area (Å²) in [6, 6.07) is -0.925. The number of carboxylic acid groups (broad SMARTS) is 1. The summed E-state index contributed by atoms with van der Waals surface area (Å²) in [7, 11) is 0. The van der Waals surface area contributed by atoms with Gasteiger partial charge < -0.3 is 0 Å². The molecule has 1 fully saturated rings. The molecule has 1 rings (SSSR count). The number of carbonyl (C=O) groups excluding carboxylic acids is 1. The summed E-state index contributed by atoms with van der Waals surface area (Å²) in [4.78, 5) is 22.6. The second kappa shape index (κ2) is 6.89. The van der Waals surface area contributed by atoms with Gasteiger partial charge in [-0.05, 0) is 0 Å². The number of rotatable bonds is 6. The maximum absolute atomic E-state index is 11.7. The standard InChI is InChI=1S/C10H18N2O3Se/c1-16-6-4-8(10(14)15)12-9(13)7-3-2-5-11-7/h7-8,11H,2-6H2,1H3,(H,12,13)(H,14,15)/t7-,8?/m0/s1. The van der Waals surface area contributed by atoms with Gasteiger partial charge in [0.2, 0.25) is 0 Å². The summed E-state index contributed by atoms with van der Waals surface area (Å²) in [5.41, 5.74) is 0. The number of hydrogen-bond acceptors (Lipinski definition) is 3. The average Bonchev–Trinajstić information content (AvgIpc) is 2.76. The van der Waals surface area contributed by atoms with Gasteiger partial charge in [-0.25, -0.2) is 0 Å². The van der Waals surface area contributed by atoms with E-state index in [0.29, 0.717) is 21.4 Å². The minimum atomic E-state index is -0.935. The zero-order valence-corrected chi connectivity index (χ0v) is 11.1. The fraction of sp³-hybridized carbons (Fsp3) is 0.800. The van der Waals surface area contributed by atoms with Gasteiger partial charge in [0.25, 0.3) is 0 Å². The van der Waals surface area contributed by atoms with Crippen LogP contribution in [0.15, 0.2) is 0 Å². The van der Waals surface area contributed by atoms with E-state index in [1.165, 1.54) is 0 Å². The second-order valence-electron chi connectivity index (χ2n) is 3.83. The fourth-order valence-corrected chi connectivity index (χ4v) is 2.66. The molecule has 0 spiro atoms. The predicted molar refractivity (Wildman–Crippen MR) is 61.6 cm³/mol. The van der Waals surface area contributed by atoms with Crippen LogP contribution in [0.2, 0.25) is 11.1 Å². The third kappa shape index (κ3) is 4.12. The van der Waals surface area contributed by atoms with E-state index in [-0.39, 0.29) is 11.9 Å². The van der Waals surface area contributed by atoms with E-state index in [2.05, 4.69) is 16.5 Å². The average molecular weight is 293 g/mol. The molecule has 6 heteroatoms. The van der Waals surface area contributed by atoms with Crippen molar-refractivity contribution in [3.8, 4) is 0 Å². The Morgan fingerprint density at radius 3 is 2.88 bits per heavy atom. The van der Waals surface area contributed by atoms with Crippen molar-refractivity contribution in [1.29, 1.82) is 0 Å². The molecule has 3 N–H and O–H groups in total. The van der Waals surface area contributed by atoms with E-state index in [9.17, 15) is 9.59 Å². The van der Waals surface area contributed by atoms with E-state index < -0.39 is 12.0 Å². The molecule has 16 heavy (non-hydrogen) atoms. The Hall–Kier alpha value is -0.581. The van der Waals surface area contributed by atoms with Crippen molar-refractivity contribution in [3.63, 3.8) is 0 Å². The normalized spacial score (nSPS) is 21.7. The van der Waals surface area contributed by atoms with Crippen molar-refractivity contribution in [2.24, 2.45) is 0 Å². The molecule has 1 saturated heterocycles. The van der Waals surface area contributed by atoms with Gasteiger partial charge in [0.15, 0.2) is 0 Å². The van der Waals surface area contributed by atoms with Gasteiger partial charge in [0.05, 0.1) is 0 Å². The second-order valence-corrected chi connectivity index (χ2v) is 5.90. The molecule has 0 aromatic heterocycles. The Balaban J connectivity index is 2.40. The molecule has 2 atom stereocenters. The summed E-state index contributed by atoms with van der Waals surface area (Å²) in [6.07, 6.45) is 2.31. The van der Waals surface area contributed by atoms with Crippen molar-refractivity contribution in [2.45, 2.75) is 42.5 Å². The molecule has 0 radical (unpaired) electrons. The Bertz CT molecular complexity index is 254. The number of carboxylic acids is 1. The van der Waals surface area contributed by atoms with Crippen LogP contribution in [-0.4, -0.2) is 50.6 Å². The third-order valence-corrected chi connectivity index (χ3v) is 3.95. The first kappa shape index (κ1) is 13.5. The van der Waals surface area contributed by atoms with Crippen molar-refractivity contribution in [3.05, 3.63) is 0 Å². The fourth-order valence-electron chi connectivity index (χ4n) is 1.67. The molecular weight excluding hydrogens is 275 g/mol. The topological polar surface area (TPSA) is 78.4 Å². The maximum atomic E-state index is 11.7. The number of nitrogens with one attached hydrogen (secondary N) is 2. The van der Waals surface area contributed by atoms with Gasteiger partial charge in [-0.1, -0.05) is 0 Å². The summed E-state index contributed by atoms with van der Waals surface area (Å²) in [6.45, 7) is 0.841. The van der Waals surface area contributed by atoms with Crippen LogP contribution in [0, 0.1) is 0 Å². The first-order valence-electron chi connectivity index (χ1n) is 5.40. The molecular formula is C10H18N2O3Se. The van der Waals surface area contributed by atoms with E-state index in [4.69, 9.17) is 5.11 Å².